The Morgan fingerprint density at radius 2 is 0.833 bits per heavy atom. The van der Waals surface area contributed by atoms with E-state index in [0.717, 1.165) is 9.80 Å². The Kier molecular flexibility index (Phi) is 4.65. The smallest absolute Gasteiger partial charge is 0.261 e. The van der Waals surface area contributed by atoms with Crippen LogP contribution in [0.4, 0.5) is 11.4 Å². The molecule has 0 atom stereocenters. The quantitative estimate of drug-likeness (QED) is 0.342. The van der Waals surface area contributed by atoms with Gasteiger partial charge in [-0.25, -0.2) is 0 Å². The summed E-state index contributed by atoms with van der Waals surface area (Å²) in [5, 5.41) is 0.684. The number of nitrogen functional groups attached to an aromatic ring is 2. The maximum atomic E-state index is 13.4. The lowest BCUT2D eigenvalue weighted by atomic mass is 9.85. The fourth-order valence-electron chi connectivity index (χ4n) is 5.01. The summed E-state index contributed by atoms with van der Waals surface area (Å²) >= 11 is 0. The fraction of sp³-hybridized carbons (Fsp3) is 0.0714. The van der Waals surface area contributed by atoms with Crippen LogP contribution in [0.15, 0.2) is 72.8 Å². The molecule has 0 saturated carbocycles. The van der Waals surface area contributed by atoms with E-state index in [0.29, 0.717) is 33.3 Å². The summed E-state index contributed by atoms with van der Waals surface area (Å²) in [5.74, 6) is -1.94. The van der Waals surface area contributed by atoms with Crippen molar-refractivity contribution in [3.63, 3.8) is 0 Å². The van der Waals surface area contributed by atoms with Gasteiger partial charge in [0.25, 0.3) is 23.6 Å². The van der Waals surface area contributed by atoms with Gasteiger partial charge in [0, 0.05) is 44.4 Å². The molecule has 4 amide bonds. The SMILES string of the molecule is Nc1cccc(CN2C(=O)c3ccc4c5c(ccc(c35)C2=O)C(=O)N(Cc2cccc(N)c2)C4=O)c1. The Bertz CT molecular complexity index is 1470. The standard InChI is InChI=1S/C28H20N4O4/c29-17-5-1-3-15(11-17)13-31-25(33)19-7-9-21-24-22(10-8-20(23(19)24)26(31)34)28(36)32(27(21)35)14-16-4-2-6-18(30)12-16/h1-12H,13-14,29-30H2. The van der Waals surface area contributed by atoms with Crippen molar-refractivity contribution in [1.82, 2.24) is 9.80 Å². The number of rotatable bonds is 4. The topological polar surface area (TPSA) is 127 Å². The molecule has 0 unspecified atom stereocenters. The first kappa shape index (κ1) is 21.5. The number of amides is 4. The zero-order valence-electron chi connectivity index (χ0n) is 19.0. The summed E-state index contributed by atoms with van der Waals surface area (Å²) in [6, 6.07) is 20.2. The maximum absolute atomic E-state index is 13.4. The Labute approximate surface area is 205 Å². The Balaban J connectivity index is 1.44. The maximum Gasteiger partial charge on any atom is 0.261 e. The molecule has 0 aliphatic carbocycles. The molecule has 8 nitrogen and oxygen atoms in total. The largest absolute Gasteiger partial charge is 0.399 e. The van der Waals surface area contributed by atoms with E-state index < -0.39 is 23.6 Å². The molecule has 4 N–H and O–H groups in total. The monoisotopic (exact) mass is 476 g/mol. The Morgan fingerprint density at radius 3 is 1.14 bits per heavy atom. The van der Waals surface area contributed by atoms with Gasteiger partial charge in [-0.05, 0) is 59.7 Å². The van der Waals surface area contributed by atoms with Crippen molar-refractivity contribution in [2.24, 2.45) is 0 Å². The van der Waals surface area contributed by atoms with E-state index >= 15 is 0 Å². The van der Waals surface area contributed by atoms with E-state index in [9.17, 15) is 19.2 Å². The number of carbonyl (C=O) groups is 4. The third-order valence-electron chi connectivity index (χ3n) is 6.65. The number of imide groups is 2. The van der Waals surface area contributed by atoms with Gasteiger partial charge in [-0.3, -0.25) is 29.0 Å². The minimum Gasteiger partial charge on any atom is -0.399 e. The second kappa shape index (κ2) is 7.78. The van der Waals surface area contributed by atoms with Crippen LogP contribution in [0.5, 0.6) is 0 Å². The number of nitrogens with two attached hydrogens (primary N) is 2. The fourth-order valence-corrected chi connectivity index (χ4v) is 5.01. The highest BCUT2D eigenvalue weighted by Crippen LogP contribution is 2.38. The normalized spacial score (nSPS) is 14.7. The molecule has 0 radical (unpaired) electrons. The van der Waals surface area contributed by atoms with E-state index in [1.54, 1.807) is 72.8 Å². The highest BCUT2D eigenvalue weighted by molar-refractivity contribution is 6.33. The molecule has 4 aromatic rings. The number of benzene rings is 4. The predicted molar refractivity (Wildman–Crippen MR) is 134 cm³/mol. The van der Waals surface area contributed by atoms with Gasteiger partial charge >= 0.3 is 0 Å². The van der Waals surface area contributed by atoms with Gasteiger partial charge in [0.15, 0.2) is 0 Å². The highest BCUT2D eigenvalue weighted by Gasteiger charge is 2.39. The Morgan fingerprint density at radius 1 is 0.500 bits per heavy atom. The van der Waals surface area contributed by atoms with Crippen LogP contribution in [-0.4, -0.2) is 33.4 Å². The molecule has 0 spiro atoms. The third-order valence-corrected chi connectivity index (χ3v) is 6.65. The number of anilines is 2. The molecule has 2 aliphatic rings. The second-order valence-corrected chi connectivity index (χ2v) is 8.95. The summed E-state index contributed by atoms with van der Waals surface area (Å²) < 4.78 is 0. The van der Waals surface area contributed by atoms with Crippen molar-refractivity contribution in [3.05, 3.63) is 106 Å². The summed E-state index contributed by atoms with van der Waals surface area (Å²) in [4.78, 5) is 56.0. The minimum atomic E-state index is -0.485. The van der Waals surface area contributed by atoms with Crippen molar-refractivity contribution < 1.29 is 19.2 Å². The third kappa shape index (κ3) is 3.15. The van der Waals surface area contributed by atoms with E-state index in [4.69, 9.17) is 11.5 Å². The Hall–Kier alpha value is -4.98. The molecule has 0 fully saturated rings. The van der Waals surface area contributed by atoms with Crippen LogP contribution in [0, 0.1) is 0 Å². The van der Waals surface area contributed by atoms with Gasteiger partial charge in [0.2, 0.25) is 0 Å². The predicted octanol–water partition coefficient (Wildman–Crippen LogP) is 3.60. The van der Waals surface area contributed by atoms with Gasteiger partial charge in [-0.2, -0.15) is 0 Å². The van der Waals surface area contributed by atoms with E-state index in [1.165, 1.54) is 0 Å². The van der Waals surface area contributed by atoms with Gasteiger partial charge in [-0.1, -0.05) is 24.3 Å². The molecule has 176 valence electrons. The van der Waals surface area contributed by atoms with Crippen LogP contribution < -0.4 is 11.5 Å². The van der Waals surface area contributed by atoms with Crippen molar-refractivity contribution in [2.75, 3.05) is 11.5 Å². The minimum absolute atomic E-state index is 0.0546. The van der Waals surface area contributed by atoms with Crippen LogP contribution >= 0.6 is 0 Å². The molecule has 2 heterocycles. The summed E-state index contributed by atoms with van der Waals surface area (Å²) in [6.45, 7) is 0.109. The van der Waals surface area contributed by atoms with Crippen molar-refractivity contribution >= 4 is 45.8 Å². The second-order valence-electron chi connectivity index (χ2n) is 8.95. The van der Waals surface area contributed by atoms with Crippen LogP contribution in [0.25, 0.3) is 10.8 Å². The van der Waals surface area contributed by atoms with Gasteiger partial charge in [0.05, 0.1) is 13.1 Å². The molecule has 0 aromatic heterocycles. The first-order valence-corrected chi connectivity index (χ1v) is 11.3. The zero-order chi connectivity index (χ0) is 25.1. The molecule has 36 heavy (non-hydrogen) atoms. The number of nitrogens with zero attached hydrogens (tertiary/aromatic N) is 2. The molecule has 0 saturated heterocycles. The van der Waals surface area contributed by atoms with Gasteiger partial charge in [-0.15, -0.1) is 0 Å². The van der Waals surface area contributed by atoms with Crippen LogP contribution in [0.2, 0.25) is 0 Å². The lowest BCUT2D eigenvalue weighted by molar-refractivity contribution is 0.0577. The van der Waals surface area contributed by atoms with E-state index in [2.05, 4.69) is 0 Å². The van der Waals surface area contributed by atoms with Crippen molar-refractivity contribution in [3.8, 4) is 0 Å². The number of hydrogen-bond donors (Lipinski definition) is 2. The lowest BCUT2D eigenvalue weighted by Gasteiger charge is -2.32. The van der Waals surface area contributed by atoms with Crippen molar-refractivity contribution in [2.45, 2.75) is 13.1 Å². The molecule has 8 heteroatoms. The van der Waals surface area contributed by atoms with Crippen LogP contribution in [0.3, 0.4) is 0 Å². The number of hydrogen-bond acceptors (Lipinski definition) is 6. The summed E-state index contributed by atoms with van der Waals surface area (Å²) in [5.41, 5.74) is 15.3. The van der Waals surface area contributed by atoms with E-state index in [1.807, 2.05) is 0 Å². The van der Waals surface area contributed by atoms with Gasteiger partial charge in [0.1, 0.15) is 0 Å². The molecule has 2 aliphatic heterocycles. The zero-order valence-corrected chi connectivity index (χ0v) is 19.0. The number of carbonyl (C=O) groups excluding carboxylic acids is 4. The molecular weight excluding hydrogens is 456 g/mol. The van der Waals surface area contributed by atoms with Gasteiger partial charge < -0.3 is 11.5 Å². The molecule has 4 aromatic carbocycles. The average molecular weight is 476 g/mol. The van der Waals surface area contributed by atoms with Crippen molar-refractivity contribution in [1.29, 1.82) is 0 Å². The lowest BCUT2D eigenvalue weighted by Crippen LogP contribution is -2.42. The summed E-state index contributed by atoms with van der Waals surface area (Å²) in [7, 11) is 0. The molecule has 0 bridgehead atoms. The first-order chi connectivity index (χ1) is 17.3. The summed E-state index contributed by atoms with van der Waals surface area (Å²) in [6.07, 6.45) is 0. The van der Waals surface area contributed by atoms with Crippen LogP contribution in [0.1, 0.15) is 52.6 Å². The van der Waals surface area contributed by atoms with E-state index in [-0.39, 0.29) is 35.3 Å². The molecular formula is C28H20N4O4. The van der Waals surface area contributed by atoms with Crippen LogP contribution in [-0.2, 0) is 13.1 Å². The first-order valence-electron chi connectivity index (χ1n) is 11.3. The average Bonchev–Trinajstić information content (AvgIpc) is 2.86. The highest BCUT2D eigenvalue weighted by atomic mass is 16.2. The molecule has 6 rings (SSSR count).